The lowest BCUT2D eigenvalue weighted by molar-refractivity contribution is 0.112. The van der Waals surface area contributed by atoms with Crippen molar-refractivity contribution >= 4 is 22.1 Å². The van der Waals surface area contributed by atoms with Gasteiger partial charge in [-0.1, -0.05) is 35.4 Å². The van der Waals surface area contributed by atoms with Gasteiger partial charge in [0, 0.05) is 0 Å². The number of aryl methyl sites for hydroxylation is 2. The van der Waals surface area contributed by atoms with Crippen molar-refractivity contribution in [3.63, 3.8) is 0 Å². The van der Waals surface area contributed by atoms with Crippen LogP contribution in [-0.2, 0) is 4.52 Å². The van der Waals surface area contributed by atoms with E-state index in [1.807, 2.05) is 83.1 Å². The van der Waals surface area contributed by atoms with E-state index in [-0.39, 0.29) is 0 Å². The third-order valence-electron chi connectivity index (χ3n) is 2.85. The molecule has 0 saturated carbocycles. The van der Waals surface area contributed by atoms with Gasteiger partial charge >= 0.3 is 6.65 Å². The molecule has 5 heteroatoms. The third-order valence-corrected chi connectivity index (χ3v) is 5.78. The Kier molecular flexibility index (Phi) is 5.72. The SMILES string of the molecule is Cc1ccc(O[P+](Br)(Oc2ccc(C)cc2)OC(C)(C)C)cc1. The summed E-state index contributed by atoms with van der Waals surface area (Å²) in [6.07, 6.45) is 0. The molecule has 0 aromatic heterocycles. The van der Waals surface area contributed by atoms with E-state index in [9.17, 15) is 0 Å². The van der Waals surface area contributed by atoms with Crippen molar-refractivity contribution in [3.05, 3.63) is 59.7 Å². The molecule has 0 amide bonds. The van der Waals surface area contributed by atoms with Gasteiger partial charge in [-0.3, -0.25) is 9.05 Å². The van der Waals surface area contributed by atoms with Crippen molar-refractivity contribution in [2.45, 2.75) is 40.2 Å². The molecule has 0 bridgehead atoms. The first-order chi connectivity index (χ1) is 10.7. The first-order valence-corrected chi connectivity index (χ1v) is 11.0. The topological polar surface area (TPSA) is 27.7 Å². The van der Waals surface area contributed by atoms with Crippen LogP contribution in [0.25, 0.3) is 0 Å². The molecule has 0 saturated heterocycles. The Morgan fingerprint density at radius 3 is 1.39 bits per heavy atom. The van der Waals surface area contributed by atoms with Crippen LogP contribution in [0.15, 0.2) is 48.5 Å². The Labute approximate surface area is 147 Å². The lowest BCUT2D eigenvalue weighted by atomic mass is 10.2. The van der Waals surface area contributed by atoms with E-state index in [4.69, 9.17) is 13.6 Å². The fourth-order valence-electron chi connectivity index (χ4n) is 1.83. The molecular weight excluding hydrogens is 375 g/mol. The van der Waals surface area contributed by atoms with Crippen molar-refractivity contribution in [1.29, 1.82) is 0 Å². The van der Waals surface area contributed by atoms with Gasteiger partial charge in [0.1, 0.15) is 5.60 Å². The molecule has 0 fully saturated rings. The van der Waals surface area contributed by atoms with Crippen molar-refractivity contribution in [3.8, 4) is 11.5 Å². The fraction of sp³-hybridized carbons (Fsp3) is 0.333. The zero-order chi connectivity index (χ0) is 17.1. The normalized spacial score (nSPS) is 12.1. The Morgan fingerprint density at radius 2 is 1.09 bits per heavy atom. The maximum atomic E-state index is 6.08. The molecule has 0 unspecified atom stereocenters. The molecule has 2 aromatic carbocycles. The molecule has 0 atom stereocenters. The van der Waals surface area contributed by atoms with Gasteiger partial charge < -0.3 is 0 Å². The molecule has 0 radical (unpaired) electrons. The highest BCUT2D eigenvalue weighted by Gasteiger charge is 2.50. The Morgan fingerprint density at radius 1 is 0.739 bits per heavy atom. The molecule has 2 aromatic rings. The standard InChI is InChI=1S/C18H23BrO3P/c1-14-6-10-16(11-7-14)20-23(19,22-18(3,4)5)21-17-12-8-15(2)9-13-17/h6-13H,1-5H3/q+1. The lowest BCUT2D eigenvalue weighted by Gasteiger charge is -2.23. The molecular formula is C18H23BrO3P+. The first-order valence-electron chi connectivity index (χ1n) is 7.47. The molecule has 0 aliphatic carbocycles. The maximum Gasteiger partial charge on any atom is 0.575 e. The average molecular weight is 398 g/mol. The molecule has 0 aliphatic heterocycles. The first kappa shape index (κ1) is 18.3. The van der Waals surface area contributed by atoms with E-state index in [0.29, 0.717) is 11.5 Å². The quantitative estimate of drug-likeness (QED) is 0.528. The zero-order valence-corrected chi connectivity index (χ0v) is 16.6. The van der Waals surface area contributed by atoms with Gasteiger partial charge in [0.05, 0.1) is 0 Å². The van der Waals surface area contributed by atoms with Crippen LogP contribution in [0.2, 0.25) is 0 Å². The third kappa shape index (κ3) is 6.14. The predicted molar refractivity (Wildman–Crippen MR) is 100 cm³/mol. The number of halogens is 1. The smallest absolute Gasteiger partial charge is 0.269 e. The van der Waals surface area contributed by atoms with Crippen LogP contribution in [-0.4, -0.2) is 5.60 Å². The van der Waals surface area contributed by atoms with Gasteiger partial charge in [0.15, 0.2) is 11.5 Å². The summed E-state index contributed by atoms with van der Waals surface area (Å²) in [6.45, 7) is 7.24. The van der Waals surface area contributed by atoms with E-state index in [1.54, 1.807) is 0 Å². The second-order valence-electron chi connectivity index (χ2n) is 6.44. The maximum absolute atomic E-state index is 6.08. The van der Waals surface area contributed by atoms with Crippen LogP contribution in [0.3, 0.4) is 0 Å². The fourth-order valence-corrected chi connectivity index (χ4v) is 5.65. The summed E-state index contributed by atoms with van der Waals surface area (Å²) in [5, 5.41) is 0. The van der Waals surface area contributed by atoms with Crippen LogP contribution in [0, 0.1) is 13.8 Å². The highest BCUT2D eigenvalue weighted by molar-refractivity contribution is 9.40. The lowest BCUT2D eigenvalue weighted by Crippen LogP contribution is -2.22. The number of hydrogen-bond acceptors (Lipinski definition) is 3. The predicted octanol–water partition coefficient (Wildman–Crippen LogP) is 6.65. The molecule has 23 heavy (non-hydrogen) atoms. The summed E-state index contributed by atoms with van der Waals surface area (Å²) >= 11 is 3.58. The van der Waals surface area contributed by atoms with Crippen LogP contribution < -0.4 is 9.05 Å². The van der Waals surface area contributed by atoms with Crippen molar-refractivity contribution < 1.29 is 13.6 Å². The van der Waals surface area contributed by atoms with Crippen LogP contribution >= 0.6 is 22.1 Å². The summed E-state index contributed by atoms with van der Waals surface area (Å²) in [5.41, 5.74) is 1.94. The summed E-state index contributed by atoms with van der Waals surface area (Å²) < 4.78 is 18.2. The molecule has 2 rings (SSSR count). The van der Waals surface area contributed by atoms with Crippen LogP contribution in [0.4, 0.5) is 0 Å². The van der Waals surface area contributed by atoms with Gasteiger partial charge in [-0.15, -0.1) is 0 Å². The Hall–Kier alpha value is -1.09. The van der Waals surface area contributed by atoms with Gasteiger partial charge in [-0.25, -0.2) is 0 Å². The average Bonchev–Trinajstić information content (AvgIpc) is 2.42. The molecule has 0 heterocycles. The molecule has 124 valence electrons. The van der Waals surface area contributed by atoms with Gasteiger partial charge in [0.25, 0.3) is 15.5 Å². The van der Waals surface area contributed by atoms with Gasteiger partial charge in [-0.2, -0.15) is 4.52 Å². The number of benzene rings is 2. The summed E-state index contributed by atoms with van der Waals surface area (Å²) in [6, 6.07) is 15.6. The van der Waals surface area contributed by atoms with Crippen molar-refractivity contribution in [1.82, 2.24) is 0 Å². The summed E-state index contributed by atoms with van der Waals surface area (Å²) in [5.74, 6) is 1.41. The van der Waals surface area contributed by atoms with Crippen molar-refractivity contribution in [2.75, 3.05) is 0 Å². The van der Waals surface area contributed by atoms with Crippen LogP contribution in [0.5, 0.6) is 11.5 Å². The molecule has 0 aliphatic rings. The minimum atomic E-state index is -2.75. The summed E-state index contributed by atoms with van der Waals surface area (Å²) in [4.78, 5) is 0. The Bertz CT molecular complexity index is 585. The van der Waals surface area contributed by atoms with Crippen LogP contribution in [0.1, 0.15) is 31.9 Å². The highest BCUT2D eigenvalue weighted by atomic mass is 79.9. The van der Waals surface area contributed by atoms with Gasteiger partial charge in [0.2, 0.25) is 0 Å². The molecule has 3 nitrogen and oxygen atoms in total. The molecule has 0 N–H and O–H groups in total. The zero-order valence-electron chi connectivity index (χ0n) is 14.2. The van der Waals surface area contributed by atoms with Gasteiger partial charge in [-0.05, 0) is 58.9 Å². The van der Waals surface area contributed by atoms with Crippen molar-refractivity contribution in [2.24, 2.45) is 0 Å². The second-order valence-corrected chi connectivity index (χ2v) is 10.5. The number of hydrogen-bond donors (Lipinski definition) is 0. The second kappa shape index (κ2) is 7.21. The Balaban J connectivity index is 2.23. The minimum absolute atomic E-state index is 0.410. The van der Waals surface area contributed by atoms with E-state index in [0.717, 1.165) is 0 Å². The van der Waals surface area contributed by atoms with E-state index >= 15 is 0 Å². The van der Waals surface area contributed by atoms with E-state index in [2.05, 4.69) is 15.5 Å². The number of rotatable bonds is 5. The minimum Gasteiger partial charge on any atom is -0.269 e. The summed E-state index contributed by atoms with van der Waals surface area (Å²) in [7, 11) is 0. The molecule has 0 spiro atoms. The monoisotopic (exact) mass is 397 g/mol. The largest absolute Gasteiger partial charge is 0.575 e. The van der Waals surface area contributed by atoms with E-state index < -0.39 is 12.2 Å². The van der Waals surface area contributed by atoms with E-state index in [1.165, 1.54) is 11.1 Å². The highest BCUT2D eigenvalue weighted by Crippen LogP contribution is 2.69.